The first-order chi connectivity index (χ1) is 6.27. The van der Waals surface area contributed by atoms with E-state index in [-0.39, 0.29) is 4.87 Å². The van der Waals surface area contributed by atoms with Crippen LogP contribution in [0, 0.1) is 5.92 Å². The number of rotatable bonds is 1. The van der Waals surface area contributed by atoms with E-state index in [1.54, 1.807) is 0 Å². The van der Waals surface area contributed by atoms with E-state index in [1.807, 2.05) is 0 Å². The maximum absolute atomic E-state index is 10.9. The molecule has 13 heavy (non-hydrogen) atoms. The number of hydrogen-bond donors (Lipinski definition) is 1. The van der Waals surface area contributed by atoms with Gasteiger partial charge >= 0.3 is 4.87 Å². The van der Waals surface area contributed by atoms with E-state index in [0.717, 1.165) is 18.0 Å². The summed E-state index contributed by atoms with van der Waals surface area (Å²) >= 11 is 1.20. The monoisotopic (exact) mass is 200 g/mol. The molecule has 1 saturated heterocycles. The molecule has 1 aliphatic heterocycles. The van der Waals surface area contributed by atoms with Crippen LogP contribution in [0.3, 0.4) is 0 Å². The minimum absolute atomic E-state index is 0.0761. The van der Waals surface area contributed by atoms with E-state index in [9.17, 15) is 4.79 Å². The van der Waals surface area contributed by atoms with Gasteiger partial charge in [-0.1, -0.05) is 18.3 Å². The molecule has 1 aromatic rings. The molecule has 0 bridgehead atoms. The van der Waals surface area contributed by atoms with Crippen LogP contribution in [0.4, 0.5) is 0 Å². The second-order valence-corrected chi connectivity index (χ2v) is 4.39. The van der Waals surface area contributed by atoms with Crippen molar-refractivity contribution in [2.45, 2.75) is 19.3 Å². The zero-order chi connectivity index (χ0) is 9.26. The van der Waals surface area contributed by atoms with Gasteiger partial charge in [-0.2, -0.15) is 5.10 Å². The van der Waals surface area contributed by atoms with Gasteiger partial charge in [0.05, 0.1) is 6.61 Å². The normalized spacial score (nSPS) is 29.0. The van der Waals surface area contributed by atoms with Crippen molar-refractivity contribution in [2.75, 3.05) is 13.2 Å². The lowest BCUT2D eigenvalue weighted by atomic mass is 9.91. The number of nitrogens with zero attached hydrogens (tertiary/aromatic N) is 1. The molecule has 2 heterocycles. The Hall–Kier alpha value is -0.680. The van der Waals surface area contributed by atoms with Gasteiger partial charge in [0.2, 0.25) is 0 Å². The maximum atomic E-state index is 10.9. The van der Waals surface area contributed by atoms with Gasteiger partial charge in [0.15, 0.2) is 0 Å². The second-order valence-electron chi connectivity index (χ2n) is 3.40. The van der Waals surface area contributed by atoms with Crippen molar-refractivity contribution in [3.8, 4) is 0 Å². The molecule has 1 aromatic heterocycles. The van der Waals surface area contributed by atoms with Gasteiger partial charge in [0.25, 0.3) is 0 Å². The largest absolute Gasteiger partial charge is 0.381 e. The number of aromatic amines is 1. The molecule has 2 rings (SSSR count). The Balaban J connectivity index is 2.19. The zero-order valence-electron chi connectivity index (χ0n) is 7.45. The number of ether oxygens (including phenoxy) is 1. The fourth-order valence-electron chi connectivity index (χ4n) is 1.56. The summed E-state index contributed by atoms with van der Waals surface area (Å²) in [6, 6.07) is 0. The standard InChI is InChI=1S/C8H12N2O2S/c1-5-2-3-12-4-6(5)7-9-10-8(11)13-7/h5-6H,2-4H2,1H3,(H,10,11). The highest BCUT2D eigenvalue weighted by Crippen LogP contribution is 2.30. The highest BCUT2D eigenvalue weighted by molar-refractivity contribution is 7.08. The Morgan fingerprint density at radius 3 is 3.15 bits per heavy atom. The minimum atomic E-state index is -0.0761. The highest BCUT2D eigenvalue weighted by atomic mass is 32.1. The molecule has 0 saturated carbocycles. The fourth-order valence-corrected chi connectivity index (χ4v) is 2.38. The van der Waals surface area contributed by atoms with Crippen LogP contribution in [-0.4, -0.2) is 23.4 Å². The molecule has 2 atom stereocenters. The van der Waals surface area contributed by atoms with Crippen molar-refractivity contribution < 1.29 is 4.74 Å². The quantitative estimate of drug-likeness (QED) is 0.735. The van der Waals surface area contributed by atoms with Crippen LogP contribution in [0.15, 0.2) is 4.79 Å². The Morgan fingerprint density at radius 2 is 2.54 bits per heavy atom. The van der Waals surface area contributed by atoms with Crippen LogP contribution in [-0.2, 0) is 4.74 Å². The van der Waals surface area contributed by atoms with E-state index in [2.05, 4.69) is 17.1 Å². The van der Waals surface area contributed by atoms with Crippen LogP contribution in [0.5, 0.6) is 0 Å². The first kappa shape index (κ1) is 8.90. The molecule has 0 spiro atoms. The number of hydrogen-bond acceptors (Lipinski definition) is 4. The van der Waals surface area contributed by atoms with Crippen molar-refractivity contribution in [1.29, 1.82) is 0 Å². The summed E-state index contributed by atoms with van der Waals surface area (Å²) in [5, 5.41) is 7.32. The molecule has 0 aliphatic carbocycles. The summed E-state index contributed by atoms with van der Waals surface area (Å²) in [5.74, 6) is 0.866. The van der Waals surface area contributed by atoms with Crippen LogP contribution in [0.25, 0.3) is 0 Å². The highest BCUT2D eigenvalue weighted by Gasteiger charge is 2.26. The zero-order valence-corrected chi connectivity index (χ0v) is 8.26. The third kappa shape index (κ3) is 1.81. The molecule has 1 N–H and O–H groups in total. The summed E-state index contributed by atoms with van der Waals surface area (Å²) in [4.78, 5) is 10.8. The van der Waals surface area contributed by atoms with Crippen molar-refractivity contribution in [3.63, 3.8) is 0 Å². The van der Waals surface area contributed by atoms with Gasteiger partial charge in [-0.05, 0) is 12.3 Å². The van der Waals surface area contributed by atoms with E-state index in [0.29, 0.717) is 18.4 Å². The first-order valence-electron chi connectivity index (χ1n) is 4.40. The third-order valence-electron chi connectivity index (χ3n) is 2.47. The fraction of sp³-hybridized carbons (Fsp3) is 0.750. The topological polar surface area (TPSA) is 55.0 Å². The lowest BCUT2D eigenvalue weighted by Gasteiger charge is -2.26. The SMILES string of the molecule is CC1CCOCC1c1n[nH]c(=O)s1. The summed E-state index contributed by atoms with van der Waals surface area (Å²) in [6.45, 7) is 3.71. The van der Waals surface area contributed by atoms with Gasteiger partial charge in [-0.3, -0.25) is 4.79 Å². The van der Waals surface area contributed by atoms with Gasteiger partial charge in [-0.15, -0.1) is 0 Å². The average molecular weight is 200 g/mol. The number of nitrogens with one attached hydrogen (secondary N) is 1. The first-order valence-corrected chi connectivity index (χ1v) is 5.22. The Bertz CT molecular complexity index is 333. The lowest BCUT2D eigenvalue weighted by molar-refractivity contribution is 0.0520. The van der Waals surface area contributed by atoms with Crippen LogP contribution >= 0.6 is 11.3 Å². The van der Waals surface area contributed by atoms with Gasteiger partial charge in [0.1, 0.15) is 5.01 Å². The molecule has 1 aliphatic rings. The molecular formula is C8H12N2O2S. The number of aromatic nitrogens is 2. The molecule has 72 valence electrons. The van der Waals surface area contributed by atoms with Crippen LogP contribution in [0.2, 0.25) is 0 Å². The second kappa shape index (κ2) is 3.59. The van der Waals surface area contributed by atoms with E-state index >= 15 is 0 Å². The molecular weight excluding hydrogens is 188 g/mol. The van der Waals surface area contributed by atoms with Crippen LogP contribution < -0.4 is 4.87 Å². The van der Waals surface area contributed by atoms with Crippen molar-refractivity contribution in [3.05, 3.63) is 14.7 Å². The van der Waals surface area contributed by atoms with E-state index in [4.69, 9.17) is 4.74 Å². The van der Waals surface area contributed by atoms with Crippen molar-refractivity contribution in [1.82, 2.24) is 10.2 Å². The smallest absolute Gasteiger partial charge is 0.322 e. The minimum Gasteiger partial charge on any atom is -0.381 e. The van der Waals surface area contributed by atoms with Crippen LogP contribution in [0.1, 0.15) is 24.3 Å². The van der Waals surface area contributed by atoms with Gasteiger partial charge < -0.3 is 4.74 Å². The number of H-pyrrole nitrogens is 1. The summed E-state index contributed by atoms with van der Waals surface area (Å²) < 4.78 is 5.37. The Morgan fingerprint density at radius 1 is 1.69 bits per heavy atom. The molecule has 2 unspecified atom stereocenters. The Labute approximate surface area is 79.9 Å². The predicted octanol–water partition coefficient (Wildman–Crippen LogP) is 0.971. The van der Waals surface area contributed by atoms with Gasteiger partial charge in [-0.25, -0.2) is 5.10 Å². The Kier molecular flexibility index (Phi) is 2.46. The van der Waals surface area contributed by atoms with E-state index < -0.39 is 0 Å². The van der Waals surface area contributed by atoms with Crippen molar-refractivity contribution in [2.24, 2.45) is 5.92 Å². The molecule has 0 amide bonds. The summed E-state index contributed by atoms with van der Waals surface area (Å²) in [7, 11) is 0. The maximum Gasteiger partial charge on any atom is 0.322 e. The summed E-state index contributed by atoms with van der Waals surface area (Å²) in [6.07, 6.45) is 1.05. The lowest BCUT2D eigenvalue weighted by Crippen LogP contribution is -2.23. The average Bonchev–Trinajstić information content (AvgIpc) is 2.53. The molecule has 0 aromatic carbocycles. The van der Waals surface area contributed by atoms with Crippen molar-refractivity contribution >= 4 is 11.3 Å². The summed E-state index contributed by atoms with van der Waals surface area (Å²) in [5.41, 5.74) is 0. The predicted molar refractivity (Wildman–Crippen MR) is 50.1 cm³/mol. The van der Waals surface area contributed by atoms with Gasteiger partial charge in [0, 0.05) is 12.5 Å². The molecule has 0 radical (unpaired) electrons. The molecule has 5 heteroatoms. The molecule has 1 fully saturated rings. The molecule has 4 nitrogen and oxygen atoms in total. The van der Waals surface area contributed by atoms with E-state index in [1.165, 1.54) is 11.3 Å². The third-order valence-corrected chi connectivity index (χ3v) is 3.35.